The van der Waals surface area contributed by atoms with E-state index in [2.05, 4.69) is 84.3 Å². The number of hydrogen-bond donors (Lipinski definition) is 2. The first-order chi connectivity index (χ1) is 20.1. The molecule has 41 heavy (non-hydrogen) atoms. The second-order valence-corrected chi connectivity index (χ2v) is 10.8. The molecule has 3 heterocycles. The van der Waals surface area contributed by atoms with Crippen molar-refractivity contribution >= 4 is 40.3 Å². The molecule has 8 nitrogen and oxygen atoms in total. The zero-order valence-corrected chi connectivity index (χ0v) is 23.6. The van der Waals surface area contributed by atoms with Crippen LogP contribution in [0.2, 0.25) is 0 Å². The molecule has 1 amide bonds. The molecule has 0 unspecified atom stereocenters. The number of anilines is 4. The van der Waals surface area contributed by atoms with Gasteiger partial charge in [-0.1, -0.05) is 42.5 Å². The summed E-state index contributed by atoms with van der Waals surface area (Å²) in [5.41, 5.74) is 6.98. The number of thiazole rings is 1. The normalized spacial score (nSPS) is 13.6. The average Bonchev–Trinajstić information content (AvgIpc) is 3.47. The molecule has 1 saturated heterocycles. The monoisotopic (exact) mass is 561 g/mol. The number of carbonyl (C=O) groups is 1. The van der Waals surface area contributed by atoms with Gasteiger partial charge in [0, 0.05) is 79.4 Å². The largest absolute Gasteiger partial charge is 0.369 e. The molecule has 2 N–H and O–H groups in total. The number of piperazine rings is 1. The van der Waals surface area contributed by atoms with Gasteiger partial charge >= 0.3 is 0 Å². The maximum atomic E-state index is 11.3. The number of aromatic nitrogens is 3. The number of carbonyl (C=O) groups excluding carboxylic acids is 1. The molecular weight excluding hydrogens is 530 g/mol. The first kappa shape index (κ1) is 26.6. The van der Waals surface area contributed by atoms with Gasteiger partial charge in [-0.15, -0.1) is 11.3 Å². The topological polar surface area (TPSA) is 86.3 Å². The Morgan fingerprint density at radius 1 is 0.829 bits per heavy atom. The average molecular weight is 562 g/mol. The van der Waals surface area contributed by atoms with Crippen molar-refractivity contribution in [3.05, 3.63) is 102 Å². The summed E-state index contributed by atoms with van der Waals surface area (Å²) >= 11 is 1.72. The van der Waals surface area contributed by atoms with Gasteiger partial charge in [0.2, 0.25) is 11.9 Å². The van der Waals surface area contributed by atoms with E-state index >= 15 is 0 Å². The van der Waals surface area contributed by atoms with E-state index in [-0.39, 0.29) is 5.91 Å². The van der Waals surface area contributed by atoms with E-state index in [0.717, 1.165) is 66.1 Å². The van der Waals surface area contributed by atoms with Crippen molar-refractivity contribution in [2.24, 2.45) is 0 Å². The summed E-state index contributed by atoms with van der Waals surface area (Å²) in [6, 6.07) is 28.3. The van der Waals surface area contributed by atoms with E-state index in [1.807, 2.05) is 36.4 Å². The number of amides is 1. The third-order valence-corrected chi connectivity index (χ3v) is 7.92. The fourth-order valence-corrected chi connectivity index (χ4v) is 5.70. The third-order valence-electron chi connectivity index (χ3n) is 6.98. The quantitative estimate of drug-likeness (QED) is 0.230. The highest BCUT2D eigenvalue weighted by Crippen LogP contribution is 2.26. The molecule has 1 aliphatic heterocycles. The lowest BCUT2D eigenvalue weighted by Gasteiger charge is -2.35. The lowest BCUT2D eigenvalue weighted by atomic mass is 10.1. The minimum Gasteiger partial charge on any atom is -0.369 e. The molecule has 0 saturated carbocycles. The van der Waals surface area contributed by atoms with Crippen LogP contribution < -0.4 is 15.5 Å². The minimum absolute atomic E-state index is 0.0935. The van der Waals surface area contributed by atoms with Crippen molar-refractivity contribution in [1.82, 2.24) is 19.9 Å². The molecule has 6 rings (SSSR count). The number of rotatable bonds is 8. The molecule has 3 aromatic carbocycles. The highest BCUT2D eigenvalue weighted by atomic mass is 32.1. The highest BCUT2D eigenvalue weighted by Gasteiger charge is 2.18. The van der Waals surface area contributed by atoms with E-state index in [0.29, 0.717) is 5.95 Å². The summed E-state index contributed by atoms with van der Waals surface area (Å²) in [4.78, 5) is 30.1. The predicted octanol–water partition coefficient (Wildman–Crippen LogP) is 6.29. The van der Waals surface area contributed by atoms with Crippen LogP contribution in [0.5, 0.6) is 0 Å². The molecular formula is C32H31N7OS. The molecule has 0 atom stereocenters. The van der Waals surface area contributed by atoms with E-state index in [4.69, 9.17) is 4.98 Å². The molecule has 5 aromatic rings. The number of benzene rings is 3. The van der Waals surface area contributed by atoms with E-state index in [1.54, 1.807) is 17.5 Å². The number of nitrogens with one attached hydrogen (secondary N) is 2. The van der Waals surface area contributed by atoms with Gasteiger partial charge < -0.3 is 15.5 Å². The molecule has 0 bridgehead atoms. The Morgan fingerprint density at radius 3 is 2.29 bits per heavy atom. The van der Waals surface area contributed by atoms with Crippen molar-refractivity contribution in [1.29, 1.82) is 0 Å². The molecule has 0 spiro atoms. The standard InChI is InChI=1S/C32H31N7OS/c1-23(40)34-26-9-7-24(8-10-26)30-15-16-33-32(37-30)36-27-11-13-29(14-12-27)39-19-17-38(18-20-39)21-28-22-41-31(35-28)25-5-3-2-4-6-25/h2-16,22H,17-21H2,1H3,(H,34,40)(H,33,36,37). The van der Waals surface area contributed by atoms with Crippen molar-refractivity contribution in [2.75, 3.05) is 41.7 Å². The van der Waals surface area contributed by atoms with E-state index in [1.165, 1.54) is 18.2 Å². The van der Waals surface area contributed by atoms with Gasteiger partial charge in [-0.3, -0.25) is 9.69 Å². The van der Waals surface area contributed by atoms with Gasteiger partial charge in [-0.05, 0) is 42.5 Å². The first-order valence-electron chi connectivity index (χ1n) is 13.6. The van der Waals surface area contributed by atoms with Crippen LogP contribution in [-0.2, 0) is 11.3 Å². The van der Waals surface area contributed by atoms with Crippen LogP contribution in [0.25, 0.3) is 21.8 Å². The van der Waals surface area contributed by atoms with Crippen LogP contribution >= 0.6 is 11.3 Å². The Kier molecular flexibility index (Phi) is 7.97. The first-order valence-corrected chi connectivity index (χ1v) is 14.5. The summed E-state index contributed by atoms with van der Waals surface area (Å²) in [5, 5.41) is 9.37. The zero-order chi connectivity index (χ0) is 28.0. The molecule has 1 aliphatic rings. The minimum atomic E-state index is -0.0935. The van der Waals surface area contributed by atoms with Gasteiger partial charge in [0.1, 0.15) is 5.01 Å². The molecule has 1 fully saturated rings. The van der Waals surface area contributed by atoms with Crippen molar-refractivity contribution in [2.45, 2.75) is 13.5 Å². The SMILES string of the molecule is CC(=O)Nc1ccc(-c2ccnc(Nc3ccc(N4CCN(Cc5csc(-c6ccccc6)n5)CC4)cc3)n2)cc1. The lowest BCUT2D eigenvalue weighted by Crippen LogP contribution is -2.46. The molecule has 9 heteroatoms. The van der Waals surface area contributed by atoms with Gasteiger partial charge in [0.15, 0.2) is 0 Å². The second-order valence-electron chi connectivity index (χ2n) is 9.97. The number of nitrogens with zero attached hydrogens (tertiary/aromatic N) is 5. The Balaban J connectivity index is 1.02. The predicted molar refractivity (Wildman–Crippen MR) is 167 cm³/mol. The lowest BCUT2D eigenvalue weighted by molar-refractivity contribution is -0.114. The zero-order valence-electron chi connectivity index (χ0n) is 22.8. The fraction of sp³-hybridized carbons (Fsp3) is 0.188. The van der Waals surface area contributed by atoms with Gasteiger partial charge in [0.25, 0.3) is 0 Å². The Hall–Kier alpha value is -4.60. The summed E-state index contributed by atoms with van der Waals surface area (Å²) < 4.78 is 0. The van der Waals surface area contributed by atoms with E-state index in [9.17, 15) is 4.79 Å². The third kappa shape index (κ3) is 6.77. The highest BCUT2D eigenvalue weighted by molar-refractivity contribution is 7.13. The van der Waals surface area contributed by atoms with Crippen molar-refractivity contribution in [3.8, 4) is 21.8 Å². The Labute approximate surface area is 243 Å². The second kappa shape index (κ2) is 12.3. The van der Waals surface area contributed by atoms with Crippen molar-refractivity contribution in [3.63, 3.8) is 0 Å². The van der Waals surface area contributed by atoms with Crippen LogP contribution in [0.1, 0.15) is 12.6 Å². The molecule has 0 radical (unpaired) electrons. The Bertz CT molecular complexity index is 1600. The van der Waals surface area contributed by atoms with Crippen LogP contribution in [0.15, 0.2) is 96.5 Å². The van der Waals surface area contributed by atoms with Crippen molar-refractivity contribution < 1.29 is 4.79 Å². The van der Waals surface area contributed by atoms with Gasteiger partial charge in [0.05, 0.1) is 11.4 Å². The van der Waals surface area contributed by atoms with Crippen LogP contribution in [0.3, 0.4) is 0 Å². The smallest absolute Gasteiger partial charge is 0.227 e. The van der Waals surface area contributed by atoms with Crippen LogP contribution in [0.4, 0.5) is 23.0 Å². The molecule has 2 aromatic heterocycles. The van der Waals surface area contributed by atoms with Gasteiger partial charge in [-0.25, -0.2) is 15.0 Å². The Morgan fingerprint density at radius 2 is 1.56 bits per heavy atom. The summed E-state index contributed by atoms with van der Waals surface area (Å²) in [6.45, 7) is 6.35. The maximum Gasteiger partial charge on any atom is 0.227 e. The fourth-order valence-electron chi connectivity index (χ4n) is 4.88. The number of hydrogen-bond acceptors (Lipinski definition) is 8. The summed E-state index contributed by atoms with van der Waals surface area (Å²) in [6.07, 6.45) is 1.74. The molecule has 206 valence electrons. The summed E-state index contributed by atoms with van der Waals surface area (Å²) in [5.74, 6) is 0.441. The summed E-state index contributed by atoms with van der Waals surface area (Å²) in [7, 11) is 0. The van der Waals surface area contributed by atoms with Crippen LogP contribution in [0, 0.1) is 0 Å². The van der Waals surface area contributed by atoms with Gasteiger partial charge in [-0.2, -0.15) is 0 Å². The molecule has 0 aliphatic carbocycles. The maximum absolute atomic E-state index is 11.3. The van der Waals surface area contributed by atoms with E-state index < -0.39 is 0 Å². The van der Waals surface area contributed by atoms with Crippen LogP contribution in [-0.4, -0.2) is 51.9 Å².